The van der Waals surface area contributed by atoms with Crippen LogP contribution in [0.25, 0.3) is 0 Å². The van der Waals surface area contributed by atoms with E-state index in [4.69, 9.17) is 0 Å². The van der Waals surface area contributed by atoms with E-state index in [1.807, 2.05) is 11.7 Å². The van der Waals surface area contributed by atoms with Crippen LogP contribution in [0.5, 0.6) is 0 Å². The molecule has 0 amide bonds. The Morgan fingerprint density at radius 1 is 1.42 bits per heavy atom. The average Bonchev–Trinajstić information content (AvgIpc) is 2.75. The quantitative estimate of drug-likeness (QED) is 0.853. The summed E-state index contributed by atoms with van der Waals surface area (Å²) in [7, 11) is 1.95. The smallest absolute Gasteiger partial charge is 0.0833 e. The Bertz CT molecular complexity index is 427. The highest BCUT2D eigenvalue weighted by atomic mass is 15.4. The topological polar surface area (TPSA) is 42.7 Å². The highest BCUT2D eigenvalue weighted by Gasteiger charge is 2.53. The fourth-order valence-corrected chi connectivity index (χ4v) is 3.84. The lowest BCUT2D eigenvalue weighted by Gasteiger charge is -2.31. The van der Waals surface area contributed by atoms with Crippen LogP contribution in [0.1, 0.15) is 38.8 Å². The lowest BCUT2D eigenvalue weighted by molar-refractivity contribution is 0.242. The summed E-state index contributed by atoms with van der Waals surface area (Å²) in [6.45, 7) is 6.81. The number of hydrogen-bond acceptors (Lipinski definition) is 3. The van der Waals surface area contributed by atoms with Gasteiger partial charge in [-0.2, -0.15) is 0 Å². The molecule has 1 N–H and O–H groups in total. The first-order valence-electron chi connectivity index (χ1n) is 7.62. The van der Waals surface area contributed by atoms with Crippen molar-refractivity contribution in [3.8, 4) is 0 Å². The molecule has 0 saturated heterocycles. The van der Waals surface area contributed by atoms with Crippen LogP contribution in [0.15, 0.2) is 6.20 Å². The molecule has 0 aromatic carbocycles. The maximum Gasteiger partial charge on any atom is 0.0833 e. The zero-order valence-corrected chi connectivity index (χ0v) is 12.4. The molecule has 2 fully saturated rings. The third-order valence-corrected chi connectivity index (χ3v) is 4.72. The molecule has 4 heteroatoms. The van der Waals surface area contributed by atoms with Gasteiger partial charge in [-0.1, -0.05) is 19.1 Å². The minimum absolute atomic E-state index is 0.443. The number of aromatic nitrogens is 3. The van der Waals surface area contributed by atoms with E-state index < -0.39 is 0 Å². The zero-order valence-electron chi connectivity index (χ0n) is 12.4. The highest BCUT2D eigenvalue weighted by molar-refractivity contribution is 5.09. The van der Waals surface area contributed by atoms with Crippen LogP contribution < -0.4 is 5.32 Å². The summed E-state index contributed by atoms with van der Waals surface area (Å²) >= 11 is 0. The fraction of sp³-hybridized carbons (Fsp3) is 0.867. The minimum atomic E-state index is 0.443. The van der Waals surface area contributed by atoms with Gasteiger partial charge in [-0.3, -0.25) is 4.68 Å². The molecule has 106 valence electrons. The molecule has 0 spiro atoms. The summed E-state index contributed by atoms with van der Waals surface area (Å²) in [6, 6.07) is 0. The number of hydrogen-bond donors (Lipinski definition) is 1. The van der Waals surface area contributed by atoms with Gasteiger partial charge in [0.25, 0.3) is 0 Å². The van der Waals surface area contributed by atoms with Crippen LogP contribution in [0.3, 0.4) is 0 Å². The van der Waals surface area contributed by atoms with Crippen molar-refractivity contribution in [1.82, 2.24) is 20.3 Å². The number of nitrogens with zero attached hydrogens (tertiary/aromatic N) is 3. The van der Waals surface area contributed by atoms with Gasteiger partial charge in [0.2, 0.25) is 0 Å². The van der Waals surface area contributed by atoms with Crippen LogP contribution in [0, 0.1) is 23.2 Å². The van der Waals surface area contributed by atoms with Gasteiger partial charge in [-0.05, 0) is 55.4 Å². The third kappa shape index (κ3) is 2.99. The van der Waals surface area contributed by atoms with E-state index in [-0.39, 0.29) is 0 Å². The van der Waals surface area contributed by atoms with Gasteiger partial charge in [0.1, 0.15) is 0 Å². The second kappa shape index (κ2) is 4.89. The van der Waals surface area contributed by atoms with Crippen molar-refractivity contribution < 1.29 is 0 Å². The van der Waals surface area contributed by atoms with Crippen molar-refractivity contribution in [3.05, 3.63) is 11.9 Å². The molecule has 4 nitrogen and oxygen atoms in total. The Labute approximate surface area is 116 Å². The summed E-state index contributed by atoms with van der Waals surface area (Å²) in [4.78, 5) is 0. The molecule has 0 radical (unpaired) electrons. The summed E-state index contributed by atoms with van der Waals surface area (Å²) in [5, 5.41) is 12.0. The largest absolute Gasteiger partial charge is 0.316 e. The number of fused-ring (bicyclic) bond motifs is 1. The van der Waals surface area contributed by atoms with Crippen LogP contribution in [0.4, 0.5) is 0 Å². The molecule has 3 rings (SSSR count). The van der Waals surface area contributed by atoms with Crippen molar-refractivity contribution in [3.63, 3.8) is 0 Å². The van der Waals surface area contributed by atoms with Gasteiger partial charge >= 0.3 is 0 Å². The summed E-state index contributed by atoms with van der Waals surface area (Å²) in [5.74, 6) is 2.75. The van der Waals surface area contributed by atoms with Gasteiger partial charge in [0.05, 0.1) is 5.69 Å². The van der Waals surface area contributed by atoms with Gasteiger partial charge in [-0.15, -0.1) is 5.10 Å². The molecule has 2 atom stereocenters. The van der Waals surface area contributed by atoms with E-state index in [2.05, 4.69) is 35.7 Å². The lowest BCUT2D eigenvalue weighted by Crippen LogP contribution is -2.37. The molecule has 0 bridgehead atoms. The first-order chi connectivity index (χ1) is 9.06. The summed E-state index contributed by atoms with van der Waals surface area (Å²) in [5.41, 5.74) is 1.61. The Balaban J connectivity index is 1.63. The number of rotatable bonds is 6. The van der Waals surface area contributed by atoms with Crippen molar-refractivity contribution in [2.75, 3.05) is 13.1 Å². The molecule has 1 heterocycles. The summed E-state index contributed by atoms with van der Waals surface area (Å²) in [6.07, 6.45) is 7.43. The van der Waals surface area contributed by atoms with Gasteiger partial charge < -0.3 is 5.32 Å². The van der Waals surface area contributed by atoms with Crippen LogP contribution >= 0.6 is 0 Å². The first kappa shape index (κ1) is 13.1. The molecule has 1 aromatic rings. The molecular formula is C15H26N4. The Morgan fingerprint density at radius 3 is 2.74 bits per heavy atom. The first-order valence-corrected chi connectivity index (χ1v) is 7.62. The summed E-state index contributed by atoms with van der Waals surface area (Å²) < 4.78 is 1.82. The molecule has 0 aliphatic heterocycles. The zero-order chi connectivity index (χ0) is 13.5. The lowest BCUT2D eigenvalue weighted by atomic mass is 9.78. The van der Waals surface area contributed by atoms with Crippen molar-refractivity contribution in [2.45, 2.75) is 39.5 Å². The van der Waals surface area contributed by atoms with Crippen molar-refractivity contribution >= 4 is 0 Å². The number of nitrogens with one attached hydrogen (secondary N) is 1. The van der Waals surface area contributed by atoms with Gasteiger partial charge in [0, 0.05) is 19.8 Å². The van der Waals surface area contributed by atoms with E-state index in [0.29, 0.717) is 5.41 Å². The molecule has 2 aliphatic rings. The van der Waals surface area contributed by atoms with Crippen molar-refractivity contribution in [2.24, 2.45) is 30.2 Å². The van der Waals surface area contributed by atoms with Crippen LogP contribution in [-0.4, -0.2) is 28.1 Å². The number of aryl methyl sites for hydroxylation is 1. The molecule has 2 unspecified atom stereocenters. The minimum Gasteiger partial charge on any atom is -0.316 e. The predicted octanol–water partition coefficient (Wildman–Crippen LogP) is 2.02. The second-order valence-corrected chi connectivity index (χ2v) is 7.25. The van der Waals surface area contributed by atoms with Gasteiger partial charge in [0.15, 0.2) is 0 Å². The van der Waals surface area contributed by atoms with Gasteiger partial charge in [-0.25, -0.2) is 0 Å². The fourth-order valence-electron chi connectivity index (χ4n) is 3.84. The van der Waals surface area contributed by atoms with E-state index >= 15 is 0 Å². The van der Waals surface area contributed by atoms with Crippen LogP contribution in [-0.2, 0) is 13.5 Å². The third-order valence-electron chi connectivity index (χ3n) is 4.72. The molecular weight excluding hydrogens is 236 g/mol. The highest BCUT2D eigenvalue weighted by Crippen LogP contribution is 2.60. The Kier molecular flexibility index (Phi) is 3.37. The normalized spacial score (nSPS) is 32.8. The maximum absolute atomic E-state index is 4.29. The molecule has 1 aromatic heterocycles. The van der Waals surface area contributed by atoms with E-state index in [0.717, 1.165) is 43.0 Å². The monoisotopic (exact) mass is 262 g/mol. The van der Waals surface area contributed by atoms with Crippen LogP contribution in [0.2, 0.25) is 0 Å². The molecule has 2 saturated carbocycles. The standard InChI is InChI=1S/C15H26N4/c1-11(2)8-16-10-15(5-12-4-13(12)6-15)7-14-9-19(3)18-17-14/h9,11-13,16H,4-8,10H2,1-3H3. The molecule has 19 heavy (non-hydrogen) atoms. The molecule has 2 aliphatic carbocycles. The van der Waals surface area contributed by atoms with E-state index in [9.17, 15) is 0 Å². The second-order valence-electron chi connectivity index (χ2n) is 7.25. The Hall–Kier alpha value is -0.900. The van der Waals surface area contributed by atoms with E-state index in [1.54, 1.807) is 0 Å². The van der Waals surface area contributed by atoms with Crippen molar-refractivity contribution in [1.29, 1.82) is 0 Å². The maximum atomic E-state index is 4.29. The van der Waals surface area contributed by atoms with E-state index in [1.165, 1.54) is 19.3 Å². The average molecular weight is 262 g/mol. The SMILES string of the molecule is CC(C)CNCC1(Cc2cn(C)nn2)CC2CC2C1. The Morgan fingerprint density at radius 2 is 2.16 bits per heavy atom. The predicted molar refractivity (Wildman–Crippen MR) is 75.7 cm³/mol.